The first-order chi connectivity index (χ1) is 10.4. The fourth-order valence-corrected chi connectivity index (χ4v) is 5.53. The summed E-state index contributed by atoms with van der Waals surface area (Å²) in [5, 5.41) is 31.1. The Morgan fingerprint density at radius 2 is 1.86 bits per heavy atom. The summed E-state index contributed by atoms with van der Waals surface area (Å²) in [6, 6.07) is 0. The second-order valence-corrected chi connectivity index (χ2v) is 8.16. The van der Waals surface area contributed by atoms with Crippen molar-refractivity contribution < 1.29 is 15.3 Å². The van der Waals surface area contributed by atoms with Crippen molar-refractivity contribution in [3.63, 3.8) is 0 Å². The lowest BCUT2D eigenvalue weighted by Gasteiger charge is -2.55. The molecular weight excluding hydrogens is 276 g/mol. The molecule has 1 fully saturated rings. The van der Waals surface area contributed by atoms with E-state index in [1.807, 2.05) is 18.2 Å². The fraction of sp³-hybridized carbons (Fsp3) is 0.684. The van der Waals surface area contributed by atoms with Crippen LogP contribution < -0.4 is 0 Å². The number of fused-ring (bicyclic) bond motifs is 4. The Labute approximate surface area is 132 Å². The summed E-state index contributed by atoms with van der Waals surface area (Å²) >= 11 is 0. The van der Waals surface area contributed by atoms with Crippen molar-refractivity contribution in [2.75, 3.05) is 0 Å². The zero-order valence-corrected chi connectivity index (χ0v) is 13.4. The van der Waals surface area contributed by atoms with Crippen molar-refractivity contribution in [2.45, 2.75) is 57.8 Å². The van der Waals surface area contributed by atoms with Gasteiger partial charge in [-0.25, -0.2) is 0 Å². The van der Waals surface area contributed by atoms with E-state index in [9.17, 15) is 15.3 Å². The lowest BCUT2D eigenvalue weighted by atomic mass is 9.50. The normalized spacial score (nSPS) is 53.2. The van der Waals surface area contributed by atoms with Gasteiger partial charge in [0.25, 0.3) is 0 Å². The fourth-order valence-electron chi connectivity index (χ4n) is 5.53. The van der Waals surface area contributed by atoms with Gasteiger partial charge in [-0.15, -0.1) is 0 Å². The highest BCUT2D eigenvalue weighted by molar-refractivity contribution is 5.46. The van der Waals surface area contributed by atoms with Crippen LogP contribution in [-0.2, 0) is 0 Å². The molecule has 0 aromatic rings. The first kappa shape index (κ1) is 14.7. The first-order valence-electron chi connectivity index (χ1n) is 8.52. The standard InChI is InChI=1S/C19H26O3/c1-18-7-5-12(20)9-11(18)10-15(21)17-13-3-4-16(22)19(13,2)8-6-14(17)18/h3-5,7,11-12,14-16,20-22H,6,8-10H2,1-2H3/t11?,12-,14-,15?,16-,18-,19-/m0/s1. The molecule has 0 aromatic heterocycles. The maximum absolute atomic E-state index is 10.8. The molecule has 0 heterocycles. The molecule has 3 N–H and O–H groups in total. The van der Waals surface area contributed by atoms with Crippen LogP contribution in [-0.4, -0.2) is 33.6 Å². The zero-order valence-electron chi connectivity index (χ0n) is 13.4. The number of aliphatic hydroxyl groups is 3. The predicted octanol–water partition coefficient (Wildman–Crippen LogP) is 2.34. The molecule has 0 spiro atoms. The van der Waals surface area contributed by atoms with Crippen molar-refractivity contribution in [1.82, 2.24) is 0 Å². The Balaban J connectivity index is 1.84. The van der Waals surface area contributed by atoms with Gasteiger partial charge in [-0.05, 0) is 54.1 Å². The molecule has 0 radical (unpaired) electrons. The number of hydrogen-bond acceptors (Lipinski definition) is 3. The van der Waals surface area contributed by atoms with Crippen molar-refractivity contribution >= 4 is 0 Å². The summed E-state index contributed by atoms with van der Waals surface area (Å²) in [6.45, 7) is 4.41. The SMILES string of the molecule is C[C@]12CC[C@H]3C(=C1C=C[C@@H]2O)C(O)CC1C[C@@H](O)C=C[C@@]13C. The quantitative estimate of drug-likeness (QED) is 0.602. The molecule has 0 aliphatic heterocycles. The minimum absolute atomic E-state index is 0.0174. The highest BCUT2D eigenvalue weighted by Crippen LogP contribution is 2.61. The van der Waals surface area contributed by atoms with Gasteiger partial charge < -0.3 is 15.3 Å². The molecule has 120 valence electrons. The van der Waals surface area contributed by atoms with E-state index in [1.54, 1.807) is 0 Å². The summed E-state index contributed by atoms with van der Waals surface area (Å²) in [4.78, 5) is 0. The van der Waals surface area contributed by atoms with Crippen LogP contribution >= 0.6 is 0 Å². The molecule has 3 heteroatoms. The highest BCUT2D eigenvalue weighted by atomic mass is 16.3. The van der Waals surface area contributed by atoms with Gasteiger partial charge in [-0.1, -0.05) is 38.2 Å². The molecule has 4 aliphatic rings. The summed E-state index contributed by atoms with van der Waals surface area (Å²) in [5.74, 6) is 0.652. The van der Waals surface area contributed by atoms with E-state index >= 15 is 0 Å². The van der Waals surface area contributed by atoms with Gasteiger partial charge in [0.15, 0.2) is 0 Å². The van der Waals surface area contributed by atoms with Gasteiger partial charge in [0.05, 0.1) is 18.3 Å². The van der Waals surface area contributed by atoms with E-state index in [0.29, 0.717) is 18.3 Å². The molecular formula is C19H26O3. The van der Waals surface area contributed by atoms with E-state index in [-0.39, 0.29) is 16.9 Å². The van der Waals surface area contributed by atoms with Crippen molar-refractivity contribution in [2.24, 2.45) is 22.7 Å². The second-order valence-electron chi connectivity index (χ2n) is 8.16. The number of aliphatic hydroxyl groups excluding tert-OH is 3. The lowest BCUT2D eigenvalue weighted by molar-refractivity contribution is -0.00806. The Morgan fingerprint density at radius 1 is 1.09 bits per heavy atom. The highest BCUT2D eigenvalue weighted by Gasteiger charge is 2.55. The van der Waals surface area contributed by atoms with Crippen molar-refractivity contribution in [3.8, 4) is 0 Å². The maximum Gasteiger partial charge on any atom is 0.0817 e. The van der Waals surface area contributed by atoms with E-state index in [0.717, 1.165) is 24.8 Å². The van der Waals surface area contributed by atoms with Gasteiger partial charge in [-0.3, -0.25) is 0 Å². The summed E-state index contributed by atoms with van der Waals surface area (Å²) in [5.41, 5.74) is 2.11. The van der Waals surface area contributed by atoms with Gasteiger partial charge in [0, 0.05) is 5.41 Å². The molecule has 2 unspecified atom stereocenters. The van der Waals surface area contributed by atoms with Gasteiger partial charge in [0.2, 0.25) is 0 Å². The maximum atomic E-state index is 10.8. The molecule has 4 rings (SSSR count). The molecule has 0 aromatic carbocycles. The first-order valence-corrected chi connectivity index (χ1v) is 8.52. The minimum Gasteiger partial charge on any atom is -0.389 e. The molecule has 1 saturated carbocycles. The molecule has 0 saturated heterocycles. The largest absolute Gasteiger partial charge is 0.389 e. The number of rotatable bonds is 0. The number of hydrogen-bond donors (Lipinski definition) is 3. The van der Waals surface area contributed by atoms with E-state index < -0.39 is 12.2 Å². The van der Waals surface area contributed by atoms with Crippen molar-refractivity contribution in [1.29, 1.82) is 0 Å². The van der Waals surface area contributed by atoms with Gasteiger partial charge >= 0.3 is 0 Å². The third-order valence-corrected chi connectivity index (χ3v) is 7.05. The van der Waals surface area contributed by atoms with Crippen LogP contribution in [0.4, 0.5) is 0 Å². The summed E-state index contributed by atoms with van der Waals surface area (Å²) in [7, 11) is 0. The van der Waals surface area contributed by atoms with Crippen LogP contribution in [0.25, 0.3) is 0 Å². The zero-order chi connectivity index (χ0) is 15.7. The third-order valence-electron chi connectivity index (χ3n) is 7.05. The monoisotopic (exact) mass is 302 g/mol. The molecule has 7 atom stereocenters. The average Bonchev–Trinajstić information content (AvgIpc) is 2.77. The predicted molar refractivity (Wildman–Crippen MR) is 85.0 cm³/mol. The summed E-state index contributed by atoms with van der Waals surface area (Å²) in [6.07, 6.45) is 10.2. The molecule has 0 bridgehead atoms. The van der Waals surface area contributed by atoms with Crippen LogP contribution in [0.3, 0.4) is 0 Å². The van der Waals surface area contributed by atoms with Crippen LogP contribution in [0.15, 0.2) is 35.5 Å². The number of allylic oxidation sites excluding steroid dienone is 2. The van der Waals surface area contributed by atoms with Gasteiger partial charge in [0.1, 0.15) is 0 Å². The molecule has 22 heavy (non-hydrogen) atoms. The molecule has 4 aliphatic carbocycles. The van der Waals surface area contributed by atoms with Gasteiger partial charge in [-0.2, -0.15) is 0 Å². The van der Waals surface area contributed by atoms with Crippen LogP contribution in [0.1, 0.15) is 39.5 Å². The van der Waals surface area contributed by atoms with Crippen LogP contribution in [0.2, 0.25) is 0 Å². The Bertz CT molecular complexity index is 589. The Hall–Kier alpha value is -0.900. The molecule has 0 amide bonds. The Kier molecular flexibility index (Phi) is 3.04. The summed E-state index contributed by atoms with van der Waals surface area (Å²) < 4.78 is 0. The lowest BCUT2D eigenvalue weighted by Crippen LogP contribution is -2.50. The van der Waals surface area contributed by atoms with Crippen molar-refractivity contribution in [3.05, 3.63) is 35.5 Å². The smallest absolute Gasteiger partial charge is 0.0817 e. The van der Waals surface area contributed by atoms with Crippen LogP contribution in [0, 0.1) is 22.7 Å². The van der Waals surface area contributed by atoms with E-state index in [2.05, 4.69) is 19.9 Å². The third kappa shape index (κ3) is 1.73. The van der Waals surface area contributed by atoms with E-state index in [4.69, 9.17) is 0 Å². The second kappa shape index (κ2) is 4.56. The minimum atomic E-state index is -0.439. The van der Waals surface area contributed by atoms with Crippen LogP contribution in [0.5, 0.6) is 0 Å². The average molecular weight is 302 g/mol. The molecule has 3 nitrogen and oxygen atoms in total. The topological polar surface area (TPSA) is 60.7 Å². The van der Waals surface area contributed by atoms with E-state index in [1.165, 1.54) is 5.57 Å². The Morgan fingerprint density at radius 3 is 2.64 bits per heavy atom.